The van der Waals surface area contributed by atoms with E-state index in [1.165, 1.54) is 11.3 Å². The Morgan fingerprint density at radius 3 is 2.52 bits per heavy atom. The smallest absolute Gasteiger partial charge is 0.231 e. The van der Waals surface area contributed by atoms with Gasteiger partial charge in [0, 0.05) is 23.2 Å². The molecule has 3 rings (SSSR count). The highest BCUT2D eigenvalue weighted by atomic mass is 32.2. The number of amides is 1. The summed E-state index contributed by atoms with van der Waals surface area (Å²) in [4.78, 5) is 16.9. The fraction of sp³-hybridized carbons (Fsp3) is 0.238. The molecule has 3 aromatic rings. The zero-order chi connectivity index (χ0) is 20.9. The lowest BCUT2D eigenvalue weighted by molar-refractivity contribution is -0.115. The molecule has 8 heteroatoms. The first-order valence-electron chi connectivity index (χ1n) is 9.14. The van der Waals surface area contributed by atoms with Gasteiger partial charge in [-0.05, 0) is 30.5 Å². The summed E-state index contributed by atoms with van der Waals surface area (Å²) in [6.45, 7) is 2.33. The number of carbonyl (C=O) groups is 1. The van der Waals surface area contributed by atoms with Crippen molar-refractivity contribution in [2.45, 2.75) is 19.8 Å². The molecule has 0 unspecified atom stereocenters. The standard InChI is InChI=1S/C21H23N3O3S2/c1-15-5-3-4-6-18(15)23-20(25)13-21-24-19(14-28-21)17-9-7-16(8-10-17)11-12-22-29(2,26)27/h3-10,14,22H,11-13H2,1-2H3,(H,23,25). The number of nitrogens with one attached hydrogen (secondary N) is 2. The summed E-state index contributed by atoms with van der Waals surface area (Å²) in [6, 6.07) is 15.5. The van der Waals surface area contributed by atoms with Crippen LogP contribution in [0.2, 0.25) is 0 Å². The Balaban J connectivity index is 1.58. The van der Waals surface area contributed by atoms with Gasteiger partial charge >= 0.3 is 0 Å². The molecule has 0 aliphatic carbocycles. The molecule has 0 spiro atoms. The first-order valence-corrected chi connectivity index (χ1v) is 11.9. The van der Waals surface area contributed by atoms with E-state index in [9.17, 15) is 13.2 Å². The Labute approximate surface area is 175 Å². The van der Waals surface area contributed by atoms with Crippen molar-refractivity contribution in [3.8, 4) is 11.3 Å². The summed E-state index contributed by atoms with van der Waals surface area (Å²) in [5.41, 5.74) is 4.67. The van der Waals surface area contributed by atoms with Crippen LogP contribution in [0.4, 0.5) is 5.69 Å². The SMILES string of the molecule is Cc1ccccc1NC(=O)Cc1nc(-c2ccc(CCNS(C)(=O)=O)cc2)cs1. The third kappa shape index (κ3) is 6.49. The van der Waals surface area contributed by atoms with Gasteiger partial charge in [0.2, 0.25) is 15.9 Å². The summed E-state index contributed by atoms with van der Waals surface area (Å²) in [6.07, 6.45) is 2.00. The molecule has 0 radical (unpaired) electrons. The molecule has 0 bridgehead atoms. The summed E-state index contributed by atoms with van der Waals surface area (Å²) in [5.74, 6) is -0.0890. The van der Waals surface area contributed by atoms with Crippen LogP contribution in [0.25, 0.3) is 11.3 Å². The van der Waals surface area contributed by atoms with Crippen molar-refractivity contribution in [3.05, 3.63) is 70.0 Å². The first kappa shape index (κ1) is 21.2. The van der Waals surface area contributed by atoms with Crippen LogP contribution in [-0.2, 0) is 27.7 Å². The lowest BCUT2D eigenvalue weighted by Crippen LogP contribution is -2.24. The molecule has 0 aliphatic rings. The van der Waals surface area contributed by atoms with E-state index in [1.54, 1.807) is 0 Å². The predicted molar refractivity (Wildman–Crippen MR) is 118 cm³/mol. The quantitative estimate of drug-likeness (QED) is 0.574. The molecule has 0 saturated carbocycles. The van der Waals surface area contributed by atoms with Gasteiger partial charge in [-0.15, -0.1) is 11.3 Å². The Morgan fingerprint density at radius 1 is 1.10 bits per heavy atom. The summed E-state index contributed by atoms with van der Waals surface area (Å²) in [7, 11) is -3.17. The maximum atomic E-state index is 12.3. The van der Waals surface area contributed by atoms with E-state index in [0.29, 0.717) is 13.0 Å². The van der Waals surface area contributed by atoms with Gasteiger partial charge in [-0.3, -0.25) is 4.79 Å². The third-order valence-corrected chi connectivity index (χ3v) is 5.89. The average molecular weight is 430 g/mol. The minimum atomic E-state index is -3.17. The number of hydrogen-bond acceptors (Lipinski definition) is 5. The zero-order valence-electron chi connectivity index (χ0n) is 16.3. The molecule has 0 aliphatic heterocycles. The summed E-state index contributed by atoms with van der Waals surface area (Å²) >= 11 is 1.46. The largest absolute Gasteiger partial charge is 0.325 e. The topological polar surface area (TPSA) is 88.2 Å². The van der Waals surface area contributed by atoms with Crippen LogP contribution in [0, 0.1) is 6.92 Å². The minimum absolute atomic E-state index is 0.0890. The Kier molecular flexibility index (Phi) is 6.79. The Hall–Kier alpha value is -2.55. The van der Waals surface area contributed by atoms with Gasteiger partial charge in [-0.2, -0.15) is 0 Å². The second-order valence-electron chi connectivity index (χ2n) is 6.78. The maximum Gasteiger partial charge on any atom is 0.231 e. The molecule has 0 atom stereocenters. The molecule has 1 aromatic heterocycles. The van der Waals surface area contributed by atoms with Crippen LogP contribution in [-0.4, -0.2) is 32.1 Å². The van der Waals surface area contributed by atoms with E-state index in [1.807, 2.05) is 60.8 Å². The van der Waals surface area contributed by atoms with E-state index in [0.717, 1.165) is 39.3 Å². The number of thiazole rings is 1. The van der Waals surface area contributed by atoms with Gasteiger partial charge in [0.15, 0.2) is 0 Å². The molecule has 2 aromatic carbocycles. The molecule has 29 heavy (non-hydrogen) atoms. The number of aryl methyl sites for hydroxylation is 1. The van der Waals surface area contributed by atoms with Crippen LogP contribution in [0.15, 0.2) is 53.9 Å². The van der Waals surface area contributed by atoms with Gasteiger partial charge in [0.05, 0.1) is 18.4 Å². The predicted octanol–water partition coefficient (Wildman–Crippen LogP) is 3.39. The number of anilines is 1. The fourth-order valence-electron chi connectivity index (χ4n) is 2.79. The molecule has 6 nitrogen and oxygen atoms in total. The van der Waals surface area contributed by atoms with E-state index in [4.69, 9.17) is 0 Å². The Morgan fingerprint density at radius 2 is 1.83 bits per heavy atom. The van der Waals surface area contributed by atoms with Gasteiger partial charge in [-0.1, -0.05) is 42.5 Å². The highest BCUT2D eigenvalue weighted by molar-refractivity contribution is 7.88. The van der Waals surface area contributed by atoms with Crippen molar-refractivity contribution < 1.29 is 13.2 Å². The molecule has 152 valence electrons. The van der Waals surface area contributed by atoms with Crippen molar-refractivity contribution >= 4 is 33.0 Å². The zero-order valence-corrected chi connectivity index (χ0v) is 17.9. The average Bonchev–Trinajstić information content (AvgIpc) is 3.11. The number of para-hydroxylation sites is 1. The van der Waals surface area contributed by atoms with Crippen molar-refractivity contribution in [1.82, 2.24) is 9.71 Å². The number of carbonyl (C=O) groups excluding carboxylic acids is 1. The van der Waals surface area contributed by atoms with E-state index < -0.39 is 10.0 Å². The normalized spacial score (nSPS) is 11.4. The van der Waals surface area contributed by atoms with E-state index in [2.05, 4.69) is 15.0 Å². The fourth-order valence-corrected chi connectivity index (χ4v) is 4.07. The van der Waals surface area contributed by atoms with Crippen molar-refractivity contribution in [3.63, 3.8) is 0 Å². The van der Waals surface area contributed by atoms with E-state index in [-0.39, 0.29) is 12.3 Å². The highest BCUT2D eigenvalue weighted by Crippen LogP contribution is 2.23. The molecular formula is C21H23N3O3S2. The van der Waals surface area contributed by atoms with Crippen molar-refractivity contribution in [2.75, 3.05) is 18.1 Å². The van der Waals surface area contributed by atoms with Gasteiger partial charge in [0.25, 0.3) is 0 Å². The molecule has 1 amide bonds. The van der Waals surface area contributed by atoms with Gasteiger partial charge < -0.3 is 5.32 Å². The monoisotopic (exact) mass is 429 g/mol. The number of rotatable bonds is 8. The second kappa shape index (κ2) is 9.30. The van der Waals surface area contributed by atoms with Crippen LogP contribution in [0.1, 0.15) is 16.1 Å². The Bertz CT molecular complexity index is 1090. The molecule has 0 saturated heterocycles. The van der Waals surface area contributed by atoms with Gasteiger partial charge in [0.1, 0.15) is 5.01 Å². The number of nitrogens with zero attached hydrogens (tertiary/aromatic N) is 1. The van der Waals surface area contributed by atoms with Crippen LogP contribution in [0.3, 0.4) is 0 Å². The highest BCUT2D eigenvalue weighted by Gasteiger charge is 2.10. The third-order valence-electron chi connectivity index (χ3n) is 4.31. The van der Waals surface area contributed by atoms with Crippen molar-refractivity contribution in [2.24, 2.45) is 0 Å². The van der Waals surface area contributed by atoms with Crippen LogP contribution < -0.4 is 10.0 Å². The van der Waals surface area contributed by atoms with Crippen molar-refractivity contribution in [1.29, 1.82) is 0 Å². The summed E-state index contributed by atoms with van der Waals surface area (Å²) in [5, 5.41) is 5.62. The number of benzene rings is 2. The van der Waals surface area contributed by atoms with Crippen LogP contribution in [0.5, 0.6) is 0 Å². The number of hydrogen-bond donors (Lipinski definition) is 2. The lowest BCUT2D eigenvalue weighted by atomic mass is 10.1. The molecular weight excluding hydrogens is 406 g/mol. The maximum absolute atomic E-state index is 12.3. The number of sulfonamides is 1. The summed E-state index contributed by atoms with van der Waals surface area (Å²) < 4.78 is 24.7. The lowest BCUT2D eigenvalue weighted by Gasteiger charge is -2.06. The molecule has 1 heterocycles. The minimum Gasteiger partial charge on any atom is -0.325 e. The second-order valence-corrected chi connectivity index (χ2v) is 9.56. The molecule has 2 N–H and O–H groups in total. The first-order chi connectivity index (χ1) is 13.8. The van der Waals surface area contributed by atoms with Gasteiger partial charge in [-0.25, -0.2) is 18.1 Å². The van der Waals surface area contributed by atoms with E-state index >= 15 is 0 Å². The van der Waals surface area contributed by atoms with Crippen LogP contribution >= 0.6 is 11.3 Å². The molecule has 0 fully saturated rings. The number of aromatic nitrogens is 1.